The highest BCUT2D eigenvalue weighted by molar-refractivity contribution is 6.35. The van der Waals surface area contributed by atoms with Gasteiger partial charge in [-0.2, -0.15) is 5.10 Å². The molecule has 2 N–H and O–H groups in total. The molecule has 0 spiro atoms. The number of rotatable bonds is 1. The monoisotopic (exact) mass is 235 g/mol. The van der Waals surface area contributed by atoms with Gasteiger partial charge in [0.1, 0.15) is 16.5 Å². The number of nitrogens with zero attached hydrogens (tertiary/aromatic N) is 2. The first-order valence-corrected chi connectivity index (χ1v) is 5.44. The van der Waals surface area contributed by atoms with Crippen LogP contribution in [-0.2, 0) is 7.05 Å². The Labute approximate surface area is 99.8 Å². The van der Waals surface area contributed by atoms with E-state index in [1.165, 1.54) is 5.56 Å². The number of aromatic nitrogens is 2. The molecule has 0 atom stereocenters. The van der Waals surface area contributed by atoms with Crippen molar-refractivity contribution in [2.24, 2.45) is 7.05 Å². The predicted molar refractivity (Wildman–Crippen MR) is 67.5 cm³/mol. The van der Waals surface area contributed by atoms with E-state index in [-0.39, 0.29) is 0 Å². The molecular weight excluding hydrogens is 222 g/mol. The molecule has 2 rings (SSSR count). The molecule has 1 aromatic carbocycles. The summed E-state index contributed by atoms with van der Waals surface area (Å²) in [5.41, 5.74) is 9.94. The molecule has 0 amide bonds. The van der Waals surface area contributed by atoms with Gasteiger partial charge in [-0.25, -0.2) is 0 Å². The summed E-state index contributed by atoms with van der Waals surface area (Å²) >= 11 is 6.15. The quantitative estimate of drug-likeness (QED) is 0.826. The zero-order valence-corrected chi connectivity index (χ0v) is 10.3. The minimum Gasteiger partial charge on any atom is -0.383 e. The molecule has 0 fully saturated rings. The van der Waals surface area contributed by atoms with Crippen LogP contribution in [-0.4, -0.2) is 9.78 Å². The summed E-state index contributed by atoms with van der Waals surface area (Å²) < 4.78 is 1.59. The van der Waals surface area contributed by atoms with Crippen LogP contribution in [0.4, 0.5) is 5.82 Å². The van der Waals surface area contributed by atoms with E-state index in [1.54, 1.807) is 11.7 Å². The maximum absolute atomic E-state index is 6.15. The third kappa shape index (κ3) is 1.67. The van der Waals surface area contributed by atoms with E-state index in [4.69, 9.17) is 17.3 Å². The fraction of sp³-hybridized carbons (Fsp3) is 0.250. The van der Waals surface area contributed by atoms with Crippen molar-refractivity contribution >= 4 is 17.4 Å². The van der Waals surface area contributed by atoms with E-state index >= 15 is 0 Å². The largest absolute Gasteiger partial charge is 0.383 e. The van der Waals surface area contributed by atoms with Gasteiger partial charge in [-0.05, 0) is 19.4 Å². The number of benzene rings is 1. The summed E-state index contributed by atoms with van der Waals surface area (Å²) in [6.45, 7) is 4.11. The molecule has 1 heterocycles. The molecule has 0 aliphatic rings. The first-order chi connectivity index (χ1) is 7.50. The second kappa shape index (κ2) is 3.83. The summed E-state index contributed by atoms with van der Waals surface area (Å²) in [4.78, 5) is 0. The minimum absolute atomic E-state index is 0.497. The van der Waals surface area contributed by atoms with E-state index in [2.05, 4.69) is 18.1 Å². The van der Waals surface area contributed by atoms with E-state index in [1.807, 2.05) is 19.1 Å². The van der Waals surface area contributed by atoms with Gasteiger partial charge in [0.15, 0.2) is 0 Å². The zero-order valence-electron chi connectivity index (χ0n) is 9.58. The minimum atomic E-state index is 0.497. The van der Waals surface area contributed by atoms with Crippen LogP contribution in [0.25, 0.3) is 11.3 Å². The van der Waals surface area contributed by atoms with Crippen LogP contribution in [0.3, 0.4) is 0 Å². The number of anilines is 1. The smallest absolute Gasteiger partial charge is 0.140 e. The predicted octanol–water partition coefficient (Wildman–Crippen LogP) is 2.94. The molecule has 0 radical (unpaired) electrons. The van der Waals surface area contributed by atoms with Crippen LogP contribution in [0.15, 0.2) is 18.2 Å². The lowest BCUT2D eigenvalue weighted by molar-refractivity contribution is 0.782. The molecule has 0 saturated carbocycles. The molecule has 84 valence electrons. The molecule has 16 heavy (non-hydrogen) atoms. The average Bonchev–Trinajstić information content (AvgIpc) is 2.46. The molecule has 2 aromatic rings. The third-order valence-corrected chi connectivity index (χ3v) is 3.04. The normalized spacial score (nSPS) is 10.8. The highest BCUT2D eigenvalue weighted by atomic mass is 35.5. The fourth-order valence-corrected chi connectivity index (χ4v) is 2.02. The first kappa shape index (κ1) is 11.0. The Balaban J connectivity index is 2.63. The van der Waals surface area contributed by atoms with Crippen LogP contribution in [0.1, 0.15) is 11.1 Å². The summed E-state index contributed by atoms with van der Waals surface area (Å²) in [6, 6.07) is 6.18. The average molecular weight is 236 g/mol. The molecule has 0 aliphatic carbocycles. The molecule has 0 aliphatic heterocycles. The third-order valence-electron chi connectivity index (χ3n) is 2.67. The number of nitrogens with two attached hydrogens (primary N) is 1. The standard InChI is InChI=1S/C12H14ClN3/c1-7-4-5-9(8(2)6-7)11-10(13)12(14)16(3)15-11/h4-6H,14H2,1-3H3. The van der Waals surface area contributed by atoms with Gasteiger partial charge in [-0.1, -0.05) is 35.4 Å². The van der Waals surface area contributed by atoms with Gasteiger partial charge >= 0.3 is 0 Å². The van der Waals surface area contributed by atoms with Gasteiger partial charge in [0, 0.05) is 12.6 Å². The summed E-state index contributed by atoms with van der Waals surface area (Å²) in [6.07, 6.45) is 0. The summed E-state index contributed by atoms with van der Waals surface area (Å²) in [5, 5.41) is 4.85. The van der Waals surface area contributed by atoms with Crippen molar-refractivity contribution in [3.05, 3.63) is 34.3 Å². The fourth-order valence-electron chi connectivity index (χ4n) is 1.76. The van der Waals surface area contributed by atoms with Crippen molar-refractivity contribution in [3.63, 3.8) is 0 Å². The second-order valence-electron chi connectivity index (χ2n) is 3.99. The van der Waals surface area contributed by atoms with Crippen molar-refractivity contribution in [2.75, 3.05) is 5.73 Å². The van der Waals surface area contributed by atoms with Gasteiger partial charge in [0.05, 0.1) is 0 Å². The lowest BCUT2D eigenvalue weighted by Crippen LogP contribution is -1.97. The van der Waals surface area contributed by atoms with Gasteiger partial charge in [0.2, 0.25) is 0 Å². The number of halogens is 1. The van der Waals surface area contributed by atoms with Crippen LogP contribution >= 0.6 is 11.6 Å². The maximum atomic E-state index is 6.15. The highest BCUT2D eigenvalue weighted by Gasteiger charge is 2.14. The van der Waals surface area contributed by atoms with Gasteiger partial charge < -0.3 is 5.73 Å². The Morgan fingerprint density at radius 2 is 2.00 bits per heavy atom. The lowest BCUT2D eigenvalue weighted by atomic mass is 10.0. The Morgan fingerprint density at radius 1 is 1.31 bits per heavy atom. The van der Waals surface area contributed by atoms with Crippen molar-refractivity contribution in [1.82, 2.24) is 9.78 Å². The van der Waals surface area contributed by atoms with Crippen LogP contribution in [0.5, 0.6) is 0 Å². The molecule has 3 nitrogen and oxygen atoms in total. The SMILES string of the molecule is Cc1ccc(-c2nn(C)c(N)c2Cl)c(C)c1. The van der Waals surface area contributed by atoms with Crippen LogP contribution in [0.2, 0.25) is 5.02 Å². The van der Waals surface area contributed by atoms with Crippen LogP contribution < -0.4 is 5.73 Å². The second-order valence-corrected chi connectivity index (χ2v) is 4.37. The van der Waals surface area contributed by atoms with E-state index in [9.17, 15) is 0 Å². The van der Waals surface area contributed by atoms with Crippen molar-refractivity contribution in [1.29, 1.82) is 0 Å². The first-order valence-electron chi connectivity index (χ1n) is 5.06. The van der Waals surface area contributed by atoms with E-state index in [0.717, 1.165) is 16.8 Å². The van der Waals surface area contributed by atoms with Gasteiger partial charge in [0.25, 0.3) is 0 Å². The molecule has 0 bridgehead atoms. The highest BCUT2D eigenvalue weighted by Crippen LogP contribution is 2.33. The van der Waals surface area contributed by atoms with E-state index < -0.39 is 0 Å². The molecule has 1 aromatic heterocycles. The Hall–Kier alpha value is -1.48. The molecule has 0 saturated heterocycles. The summed E-state index contributed by atoms with van der Waals surface area (Å²) in [7, 11) is 1.79. The van der Waals surface area contributed by atoms with Crippen molar-refractivity contribution in [3.8, 4) is 11.3 Å². The molecule has 4 heteroatoms. The van der Waals surface area contributed by atoms with Crippen molar-refractivity contribution < 1.29 is 0 Å². The Bertz CT molecular complexity index is 543. The van der Waals surface area contributed by atoms with Gasteiger partial charge in [-0.15, -0.1) is 0 Å². The van der Waals surface area contributed by atoms with Crippen LogP contribution in [0, 0.1) is 13.8 Å². The zero-order chi connectivity index (χ0) is 11.9. The van der Waals surface area contributed by atoms with E-state index in [0.29, 0.717) is 10.8 Å². The summed E-state index contributed by atoms with van der Waals surface area (Å²) in [5.74, 6) is 0.497. The molecular formula is C12H14ClN3. The number of aryl methyl sites for hydroxylation is 3. The number of nitrogen functional groups attached to an aromatic ring is 1. The molecule has 0 unspecified atom stereocenters. The number of hydrogen-bond donors (Lipinski definition) is 1. The van der Waals surface area contributed by atoms with Crippen molar-refractivity contribution in [2.45, 2.75) is 13.8 Å². The maximum Gasteiger partial charge on any atom is 0.140 e. The number of hydrogen-bond acceptors (Lipinski definition) is 2. The van der Waals surface area contributed by atoms with Gasteiger partial charge in [-0.3, -0.25) is 4.68 Å². The Kier molecular flexibility index (Phi) is 2.64. The topological polar surface area (TPSA) is 43.8 Å². The lowest BCUT2D eigenvalue weighted by Gasteiger charge is -2.04. The Morgan fingerprint density at radius 3 is 2.50 bits per heavy atom.